The van der Waals surface area contributed by atoms with Crippen LogP contribution in [0.25, 0.3) is 11.9 Å². The number of hydrogen-bond donors (Lipinski definition) is 1. The maximum Gasteiger partial charge on any atom is 0.233 e. The number of benzene rings is 1. The highest BCUT2D eigenvalue weighted by Crippen LogP contribution is 2.42. The predicted molar refractivity (Wildman–Crippen MR) is 147 cm³/mol. The van der Waals surface area contributed by atoms with Crippen molar-refractivity contribution in [1.82, 2.24) is 19.9 Å². The molecule has 0 spiro atoms. The lowest BCUT2D eigenvalue weighted by atomic mass is 9.79. The van der Waals surface area contributed by atoms with Crippen LogP contribution in [0.5, 0.6) is 5.88 Å². The first-order valence-corrected chi connectivity index (χ1v) is 12.9. The fraction of sp³-hybridized carbons (Fsp3) is 0.296. The van der Waals surface area contributed by atoms with E-state index in [-0.39, 0.29) is 23.1 Å². The molecule has 0 saturated heterocycles. The van der Waals surface area contributed by atoms with Crippen molar-refractivity contribution >= 4 is 34.8 Å². The minimum atomic E-state index is -1.08. The highest BCUT2D eigenvalue weighted by Gasteiger charge is 2.41. The van der Waals surface area contributed by atoms with E-state index in [1.807, 2.05) is 0 Å². The molecule has 39 heavy (non-hydrogen) atoms. The Bertz CT molecular complexity index is 1430. The number of hydrogen-bond acceptors (Lipinski definition) is 9. The van der Waals surface area contributed by atoms with E-state index in [0.29, 0.717) is 29.0 Å². The van der Waals surface area contributed by atoms with Gasteiger partial charge in [-0.1, -0.05) is 23.7 Å². The van der Waals surface area contributed by atoms with Gasteiger partial charge in [0, 0.05) is 30.8 Å². The first-order valence-electron chi connectivity index (χ1n) is 11.9. The Labute approximate surface area is 228 Å². The zero-order chi connectivity index (χ0) is 28.2. The van der Waals surface area contributed by atoms with Gasteiger partial charge in [0.2, 0.25) is 11.8 Å². The van der Waals surface area contributed by atoms with E-state index >= 15 is 8.78 Å². The Morgan fingerprint density at radius 2 is 2.00 bits per heavy atom. The first kappa shape index (κ1) is 27.9. The Morgan fingerprint density at radius 1 is 1.26 bits per heavy atom. The third-order valence-corrected chi connectivity index (χ3v) is 7.20. The quantitative estimate of drug-likeness (QED) is 0.409. The Hall–Kier alpha value is -4.11. The summed E-state index contributed by atoms with van der Waals surface area (Å²) >= 11 is 1.36. The van der Waals surface area contributed by atoms with Crippen molar-refractivity contribution < 1.29 is 17.9 Å². The minimum absolute atomic E-state index is 0.0251. The van der Waals surface area contributed by atoms with Crippen LogP contribution in [-0.2, 0) is 5.54 Å². The van der Waals surface area contributed by atoms with Crippen LogP contribution in [0.4, 0.5) is 19.1 Å². The van der Waals surface area contributed by atoms with Gasteiger partial charge >= 0.3 is 0 Å². The molecule has 0 fully saturated rings. The average molecular weight is 554 g/mol. The fourth-order valence-corrected chi connectivity index (χ4v) is 5.14. The number of terminal acetylenes is 1. The summed E-state index contributed by atoms with van der Waals surface area (Å²) < 4.78 is 49.0. The van der Waals surface area contributed by atoms with E-state index in [4.69, 9.17) is 16.9 Å². The molecule has 3 heterocycles. The van der Waals surface area contributed by atoms with Crippen molar-refractivity contribution in [2.45, 2.75) is 25.5 Å². The first-order chi connectivity index (χ1) is 18.6. The van der Waals surface area contributed by atoms with E-state index < -0.39 is 29.1 Å². The average Bonchev–Trinajstić information content (AvgIpc) is 2.92. The normalized spacial score (nSPS) is 20.1. The lowest BCUT2D eigenvalue weighted by molar-refractivity contribution is 0.266. The SMILES string of the molecule is C#C[C@H](C)Oc1cnc(/C(F)=C/c2ccc(F)c([C@@]3(C)N=C(N)SC[C@@H]3CN(C)c3ncc(F)cn3)c2)cn1. The Kier molecular flexibility index (Phi) is 8.40. The molecule has 2 aromatic heterocycles. The van der Waals surface area contributed by atoms with Crippen molar-refractivity contribution in [3.05, 3.63) is 71.4 Å². The van der Waals surface area contributed by atoms with Crippen LogP contribution in [0.2, 0.25) is 0 Å². The summed E-state index contributed by atoms with van der Waals surface area (Å²) in [4.78, 5) is 22.5. The molecule has 0 bridgehead atoms. The van der Waals surface area contributed by atoms with Crippen molar-refractivity contribution in [3.63, 3.8) is 0 Å². The molecule has 8 nitrogen and oxygen atoms in total. The third kappa shape index (κ3) is 6.49. The summed E-state index contributed by atoms with van der Waals surface area (Å²) in [5.74, 6) is 1.46. The van der Waals surface area contributed by atoms with Gasteiger partial charge < -0.3 is 15.4 Å². The number of ether oxygens (including phenoxy) is 1. The molecule has 0 saturated carbocycles. The molecule has 1 aliphatic heterocycles. The highest BCUT2D eigenvalue weighted by atomic mass is 32.2. The third-order valence-electron chi connectivity index (χ3n) is 6.25. The van der Waals surface area contributed by atoms with Gasteiger partial charge in [-0.25, -0.2) is 33.1 Å². The Balaban J connectivity index is 1.62. The maximum atomic E-state index is 15.3. The van der Waals surface area contributed by atoms with Gasteiger partial charge in [-0.2, -0.15) is 0 Å². The van der Waals surface area contributed by atoms with Crippen LogP contribution in [0.3, 0.4) is 0 Å². The maximum absolute atomic E-state index is 15.3. The topological polar surface area (TPSA) is 102 Å². The van der Waals surface area contributed by atoms with Gasteiger partial charge in [-0.3, -0.25) is 4.99 Å². The number of rotatable bonds is 8. The molecular formula is C27H26F3N7OS. The molecule has 0 radical (unpaired) electrons. The lowest BCUT2D eigenvalue weighted by Crippen LogP contribution is -2.44. The van der Waals surface area contributed by atoms with E-state index in [0.717, 1.165) is 12.4 Å². The molecule has 1 aromatic carbocycles. The summed E-state index contributed by atoms with van der Waals surface area (Å²) in [6, 6.07) is 4.27. The van der Waals surface area contributed by atoms with Crippen molar-refractivity contribution in [2.75, 3.05) is 24.2 Å². The van der Waals surface area contributed by atoms with Crippen LogP contribution >= 0.6 is 11.8 Å². The number of thioether (sulfide) groups is 1. The zero-order valence-electron chi connectivity index (χ0n) is 21.5. The molecule has 1 aliphatic rings. The predicted octanol–water partition coefficient (Wildman–Crippen LogP) is 4.44. The van der Waals surface area contributed by atoms with Gasteiger partial charge in [-0.15, -0.1) is 6.42 Å². The molecular weight excluding hydrogens is 527 g/mol. The van der Waals surface area contributed by atoms with E-state index in [9.17, 15) is 4.39 Å². The largest absolute Gasteiger partial charge is 0.460 e. The number of aliphatic imine (C=N–C) groups is 1. The second kappa shape index (κ2) is 11.7. The Morgan fingerprint density at radius 3 is 2.67 bits per heavy atom. The molecule has 0 aliphatic carbocycles. The molecule has 0 unspecified atom stereocenters. The van der Waals surface area contributed by atoms with Gasteiger partial charge in [0.25, 0.3) is 0 Å². The van der Waals surface area contributed by atoms with Crippen LogP contribution < -0.4 is 15.4 Å². The van der Waals surface area contributed by atoms with E-state index in [1.54, 1.807) is 31.9 Å². The van der Waals surface area contributed by atoms with Crippen molar-refractivity contribution in [3.8, 4) is 18.2 Å². The lowest BCUT2D eigenvalue weighted by Gasteiger charge is -2.40. The van der Waals surface area contributed by atoms with Gasteiger partial charge in [0.1, 0.15) is 11.5 Å². The van der Waals surface area contributed by atoms with Gasteiger partial charge in [-0.05, 0) is 37.6 Å². The molecule has 2 N–H and O–H groups in total. The number of aromatic nitrogens is 4. The van der Waals surface area contributed by atoms with Gasteiger partial charge in [0.15, 0.2) is 22.9 Å². The second-order valence-electron chi connectivity index (χ2n) is 9.09. The number of amidine groups is 1. The second-order valence-corrected chi connectivity index (χ2v) is 10.1. The summed E-state index contributed by atoms with van der Waals surface area (Å²) in [6.45, 7) is 3.83. The highest BCUT2D eigenvalue weighted by molar-refractivity contribution is 8.13. The molecule has 202 valence electrons. The van der Waals surface area contributed by atoms with Crippen LogP contribution in [-0.4, -0.2) is 50.6 Å². The molecule has 3 atom stereocenters. The van der Waals surface area contributed by atoms with E-state index in [2.05, 4.69) is 30.8 Å². The number of halogens is 3. The van der Waals surface area contributed by atoms with Crippen molar-refractivity contribution in [1.29, 1.82) is 0 Å². The standard InChI is InChI=1S/C27H26F3N7OS/c1-5-16(2)38-24-13-32-23(12-33-24)22(30)9-17-6-7-21(29)20(8-17)27(3)18(15-39-25(31)36-27)14-37(4)26-34-10-19(28)11-35-26/h1,6-13,16,18H,14-15H2,2-4H3,(H2,31,36)/b22-9-/t16-,18-,27-/m0/s1. The number of anilines is 1. The number of nitrogens with two attached hydrogens (primary N) is 1. The smallest absolute Gasteiger partial charge is 0.233 e. The van der Waals surface area contributed by atoms with Crippen LogP contribution in [0.15, 0.2) is 48.0 Å². The summed E-state index contributed by atoms with van der Waals surface area (Å²) in [5.41, 5.74) is 5.61. The molecule has 4 rings (SSSR count). The fourth-order valence-electron chi connectivity index (χ4n) is 4.08. The van der Waals surface area contributed by atoms with Crippen molar-refractivity contribution in [2.24, 2.45) is 16.6 Å². The van der Waals surface area contributed by atoms with Crippen LogP contribution in [0, 0.1) is 29.9 Å². The molecule has 3 aromatic rings. The molecule has 12 heteroatoms. The summed E-state index contributed by atoms with van der Waals surface area (Å²) in [6.07, 6.45) is 10.7. The van der Waals surface area contributed by atoms with Crippen LogP contribution in [0.1, 0.15) is 30.7 Å². The minimum Gasteiger partial charge on any atom is -0.460 e. The van der Waals surface area contributed by atoms with E-state index in [1.165, 1.54) is 42.4 Å². The summed E-state index contributed by atoms with van der Waals surface area (Å²) in [5, 5.41) is 0.317. The monoisotopic (exact) mass is 553 g/mol. The summed E-state index contributed by atoms with van der Waals surface area (Å²) in [7, 11) is 1.76. The zero-order valence-corrected chi connectivity index (χ0v) is 22.3. The molecule has 0 amide bonds. The van der Waals surface area contributed by atoms with Gasteiger partial charge in [0.05, 0.1) is 30.3 Å². The number of nitrogens with zero attached hydrogens (tertiary/aromatic N) is 6.